The fourth-order valence-corrected chi connectivity index (χ4v) is 2.35. The molecule has 0 saturated heterocycles. The van der Waals surface area contributed by atoms with Crippen LogP contribution in [-0.4, -0.2) is 0 Å². The van der Waals surface area contributed by atoms with E-state index in [1.165, 1.54) is 5.56 Å². The smallest absolute Gasteiger partial charge is 0.143 e. The van der Waals surface area contributed by atoms with E-state index in [9.17, 15) is 0 Å². The van der Waals surface area contributed by atoms with Crippen LogP contribution in [-0.2, 0) is 5.88 Å². The van der Waals surface area contributed by atoms with Crippen molar-refractivity contribution >= 4 is 11.6 Å². The summed E-state index contributed by atoms with van der Waals surface area (Å²) in [5.41, 5.74) is 5.58. The molecule has 0 saturated carbocycles. The standard InChI is InChI=1S/C19H15ClO/c1-4-5-10-21-19-9-8-16(12-15(19)3)18-11-14(2)6-7-17(18)13-20/h1,6-9,11-12H,13H2,2-3H3. The molecule has 2 heteroatoms. The van der Waals surface area contributed by atoms with E-state index in [2.05, 4.69) is 49.1 Å². The molecule has 2 aromatic rings. The number of alkyl halides is 1. The van der Waals surface area contributed by atoms with E-state index in [1.54, 1.807) is 0 Å². The largest absolute Gasteiger partial charge is 0.406 e. The average molecular weight is 295 g/mol. The number of aryl methyl sites for hydroxylation is 2. The van der Waals surface area contributed by atoms with E-state index >= 15 is 0 Å². The van der Waals surface area contributed by atoms with Gasteiger partial charge in [-0.15, -0.1) is 18.0 Å². The van der Waals surface area contributed by atoms with Crippen molar-refractivity contribution in [2.75, 3.05) is 0 Å². The third-order valence-corrected chi connectivity index (χ3v) is 3.47. The molecular formula is C19H15ClO. The van der Waals surface area contributed by atoms with Gasteiger partial charge in [0.25, 0.3) is 0 Å². The Bertz CT molecular complexity index is 757. The van der Waals surface area contributed by atoms with Crippen LogP contribution in [0.5, 0.6) is 5.75 Å². The number of hydrogen-bond donors (Lipinski definition) is 0. The molecule has 0 aliphatic carbocycles. The minimum Gasteiger partial charge on any atom is -0.406 e. The molecule has 0 aliphatic rings. The Balaban J connectivity index is 2.41. The Morgan fingerprint density at radius 2 is 1.95 bits per heavy atom. The number of rotatable bonds is 3. The molecule has 0 heterocycles. The highest BCUT2D eigenvalue weighted by Crippen LogP contribution is 2.30. The highest BCUT2D eigenvalue weighted by atomic mass is 35.5. The molecule has 1 nitrogen and oxygen atoms in total. The van der Waals surface area contributed by atoms with Gasteiger partial charge >= 0.3 is 0 Å². The maximum Gasteiger partial charge on any atom is 0.143 e. The van der Waals surface area contributed by atoms with Crippen LogP contribution >= 0.6 is 11.6 Å². The highest BCUT2D eigenvalue weighted by molar-refractivity contribution is 6.17. The van der Waals surface area contributed by atoms with E-state index in [0.717, 1.165) is 22.3 Å². The Hall–Kier alpha value is -2.35. The predicted molar refractivity (Wildman–Crippen MR) is 88.1 cm³/mol. The van der Waals surface area contributed by atoms with Gasteiger partial charge in [0.2, 0.25) is 0 Å². The molecular weight excluding hydrogens is 280 g/mol. The van der Waals surface area contributed by atoms with Crippen molar-refractivity contribution < 1.29 is 4.74 Å². The lowest BCUT2D eigenvalue weighted by Crippen LogP contribution is -1.91. The summed E-state index contributed by atoms with van der Waals surface area (Å²) in [6.07, 6.45) is 7.54. The van der Waals surface area contributed by atoms with E-state index in [4.69, 9.17) is 22.8 Å². The van der Waals surface area contributed by atoms with Crippen molar-refractivity contribution in [1.82, 2.24) is 0 Å². The molecule has 0 aliphatic heterocycles. The van der Waals surface area contributed by atoms with Gasteiger partial charge in [-0.3, -0.25) is 0 Å². The summed E-state index contributed by atoms with van der Waals surface area (Å²) in [5, 5.41) is 0. The fourth-order valence-electron chi connectivity index (χ4n) is 2.12. The number of benzene rings is 2. The third-order valence-electron chi connectivity index (χ3n) is 3.18. The van der Waals surface area contributed by atoms with Crippen LogP contribution < -0.4 is 4.74 Å². The van der Waals surface area contributed by atoms with Crippen LogP contribution in [0, 0.1) is 38.2 Å². The second-order valence-electron chi connectivity index (χ2n) is 4.75. The van der Waals surface area contributed by atoms with Crippen LogP contribution in [0.25, 0.3) is 11.1 Å². The van der Waals surface area contributed by atoms with Crippen LogP contribution in [0.3, 0.4) is 0 Å². The molecule has 0 unspecified atom stereocenters. The summed E-state index contributed by atoms with van der Waals surface area (Å²) in [6, 6.07) is 12.3. The van der Waals surface area contributed by atoms with E-state index < -0.39 is 0 Å². The van der Waals surface area contributed by atoms with Crippen molar-refractivity contribution in [3.63, 3.8) is 0 Å². The predicted octanol–water partition coefficient (Wildman–Crippen LogP) is 4.68. The zero-order chi connectivity index (χ0) is 15.2. The molecule has 0 atom stereocenters. The van der Waals surface area contributed by atoms with Gasteiger partial charge in [-0.2, -0.15) is 0 Å². The van der Waals surface area contributed by atoms with Gasteiger partial charge < -0.3 is 4.74 Å². The van der Waals surface area contributed by atoms with Gasteiger partial charge in [0, 0.05) is 11.8 Å². The molecule has 0 amide bonds. The molecule has 0 fully saturated rings. The Morgan fingerprint density at radius 3 is 2.62 bits per heavy atom. The van der Waals surface area contributed by atoms with Gasteiger partial charge in [-0.1, -0.05) is 29.8 Å². The molecule has 0 spiro atoms. The minimum atomic E-state index is 0.487. The Kier molecular flexibility index (Phi) is 4.94. The van der Waals surface area contributed by atoms with Crippen LogP contribution in [0.15, 0.2) is 36.4 Å². The minimum absolute atomic E-state index is 0.487. The van der Waals surface area contributed by atoms with Crippen molar-refractivity contribution in [1.29, 1.82) is 0 Å². The molecule has 2 rings (SSSR count). The summed E-state index contributed by atoms with van der Waals surface area (Å²) in [4.78, 5) is 0. The SMILES string of the molecule is C#CC#COc1ccc(-c2cc(C)ccc2CCl)cc1C. The summed E-state index contributed by atoms with van der Waals surface area (Å²) in [6.45, 7) is 4.05. The Morgan fingerprint density at radius 1 is 1.14 bits per heavy atom. The van der Waals surface area contributed by atoms with Gasteiger partial charge in [-0.25, -0.2) is 0 Å². The quantitative estimate of drug-likeness (QED) is 0.590. The van der Waals surface area contributed by atoms with Gasteiger partial charge in [0.1, 0.15) is 11.9 Å². The first-order valence-corrected chi connectivity index (χ1v) is 7.08. The molecule has 2 aromatic carbocycles. The highest BCUT2D eigenvalue weighted by Gasteiger charge is 2.07. The number of ether oxygens (including phenoxy) is 1. The first-order valence-electron chi connectivity index (χ1n) is 6.54. The van der Waals surface area contributed by atoms with Crippen LogP contribution in [0.1, 0.15) is 16.7 Å². The van der Waals surface area contributed by atoms with Crippen LogP contribution in [0.4, 0.5) is 0 Å². The summed E-state index contributed by atoms with van der Waals surface area (Å²) >= 11 is 6.03. The zero-order valence-corrected chi connectivity index (χ0v) is 12.8. The molecule has 0 bridgehead atoms. The van der Waals surface area contributed by atoms with Crippen molar-refractivity contribution in [3.05, 3.63) is 53.1 Å². The fraction of sp³-hybridized carbons (Fsp3) is 0.158. The number of terminal acetylenes is 1. The van der Waals surface area contributed by atoms with E-state index in [1.807, 2.05) is 19.1 Å². The molecule has 0 aromatic heterocycles. The lowest BCUT2D eigenvalue weighted by Gasteiger charge is -2.11. The monoisotopic (exact) mass is 294 g/mol. The van der Waals surface area contributed by atoms with Crippen molar-refractivity contribution in [2.45, 2.75) is 19.7 Å². The molecule has 0 N–H and O–H groups in total. The Labute approximate surface area is 130 Å². The average Bonchev–Trinajstić information content (AvgIpc) is 2.49. The molecule has 21 heavy (non-hydrogen) atoms. The lowest BCUT2D eigenvalue weighted by atomic mass is 9.97. The van der Waals surface area contributed by atoms with Gasteiger partial charge in [0.15, 0.2) is 0 Å². The van der Waals surface area contributed by atoms with Gasteiger partial charge in [0.05, 0.1) is 0 Å². The zero-order valence-electron chi connectivity index (χ0n) is 12.0. The van der Waals surface area contributed by atoms with Crippen molar-refractivity contribution in [2.24, 2.45) is 0 Å². The van der Waals surface area contributed by atoms with E-state index in [-0.39, 0.29) is 0 Å². The summed E-state index contributed by atoms with van der Waals surface area (Å²) in [5.74, 6) is 5.85. The van der Waals surface area contributed by atoms with Gasteiger partial charge in [-0.05, 0) is 54.2 Å². The topological polar surface area (TPSA) is 9.23 Å². The maximum atomic E-state index is 6.03. The number of hydrogen-bond acceptors (Lipinski definition) is 1. The maximum absolute atomic E-state index is 6.03. The third kappa shape index (κ3) is 3.60. The van der Waals surface area contributed by atoms with E-state index in [0.29, 0.717) is 11.6 Å². The first-order chi connectivity index (χ1) is 10.2. The molecule has 104 valence electrons. The second kappa shape index (κ2) is 6.89. The van der Waals surface area contributed by atoms with Crippen molar-refractivity contribution in [3.8, 4) is 41.2 Å². The molecule has 0 radical (unpaired) electrons. The summed E-state index contributed by atoms with van der Waals surface area (Å²) in [7, 11) is 0. The lowest BCUT2D eigenvalue weighted by molar-refractivity contribution is 0.516. The first kappa shape index (κ1) is 15.0. The summed E-state index contributed by atoms with van der Waals surface area (Å²) < 4.78 is 5.32. The second-order valence-corrected chi connectivity index (χ2v) is 5.02. The normalized spacial score (nSPS) is 9.43. The number of halogens is 1. The van der Waals surface area contributed by atoms with Crippen LogP contribution in [0.2, 0.25) is 0 Å².